The van der Waals surface area contributed by atoms with E-state index < -0.39 is 29.8 Å². The molecule has 5 aliphatic rings. The van der Waals surface area contributed by atoms with Crippen molar-refractivity contribution in [3.05, 3.63) is 89.2 Å². The molecule has 0 amide bonds. The van der Waals surface area contributed by atoms with E-state index in [2.05, 4.69) is 89.9 Å². The molecule has 39 heteroatoms. The quantitative estimate of drug-likeness (QED) is 0.0398. The number of esters is 3. The molecule has 0 aromatic carbocycles. The van der Waals surface area contributed by atoms with Gasteiger partial charge in [0.1, 0.15) is 88.3 Å². The van der Waals surface area contributed by atoms with Crippen molar-refractivity contribution in [1.29, 1.82) is 0 Å². The maximum Gasteiger partial charge on any atom is 1.00 e. The Bertz CT molecular complexity index is 4610. The van der Waals surface area contributed by atoms with Crippen LogP contribution in [0.1, 0.15) is 159 Å². The average molecular weight is 1500 g/mol. The van der Waals surface area contributed by atoms with Gasteiger partial charge in [-0.15, -0.1) is 11.6 Å². The summed E-state index contributed by atoms with van der Waals surface area (Å²) in [5.41, 5.74) is 6.05. The van der Waals surface area contributed by atoms with Crippen LogP contribution in [0.25, 0.3) is 55.8 Å². The van der Waals surface area contributed by atoms with Crippen molar-refractivity contribution >= 4 is 97.3 Å². The topological polar surface area (TPSA) is 448 Å². The van der Waals surface area contributed by atoms with E-state index in [1.54, 1.807) is 20.8 Å². The Labute approximate surface area is 632 Å². The molecular formula is C68H91ClLiN23O14. The first-order valence-electron chi connectivity index (χ1n) is 35.2. The van der Waals surface area contributed by atoms with Crippen LogP contribution in [0.5, 0.6) is 0 Å². The van der Waals surface area contributed by atoms with Crippen molar-refractivity contribution in [2.45, 2.75) is 96.8 Å². The second kappa shape index (κ2) is 40.6. The zero-order chi connectivity index (χ0) is 74.5. The predicted octanol–water partition coefficient (Wildman–Crippen LogP) is 1.63. The van der Waals surface area contributed by atoms with Crippen molar-refractivity contribution < 1.29 is 86.9 Å². The SMILES string of the molecule is C1COCCN1.CCOC(=O)c1ncnc2c1nc(C1CC1)n2C.CCOC(=O)c1ncnc2c1nc(CCCCl)n2C.CCOC(=O)c1ncnc2c1nc(CCCN1CCOCC1)n2C.Cn1c(C2CC2)nc2c(C(=O)O)ncnc21.Cn1c(CCCN2CCOCC2)nc2c(C(=O)O)ncnc21.[Li+].[OH-]. The monoisotopic (exact) mass is 1500 g/mol. The van der Waals surface area contributed by atoms with E-state index >= 15 is 0 Å². The minimum atomic E-state index is -1.08. The number of aromatic nitrogens is 20. The summed E-state index contributed by atoms with van der Waals surface area (Å²) in [6.07, 6.45) is 16.3. The third kappa shape index (κ3) is 21.3. The molecule has 37 nitrogen and oxygen atoms in total. The smallest absolute Gasteiger partial charge is 0.870 e. The van der Waals surface area contributed by atoms with Gasteiger partial charge in [-0.05, 0) is 78.8 Å². The molecule has 107 heavy (non-hydrogen) atoms. The molecule has 4 N–H and O–H groups in total. The van der Waals surface area contributed by atoms with Gasteiger partial charge in [0.05, 0.1) is 59.5 Å². The number of morpholine rings is 3. The second-order valence-electron chi connectivity index (χ2n) is 24.9. The van der Waals surface area contributed by atoms with Gasteiger partial charge >= 0.3 is 48.7 Å². The van der Waals surface area contributed by atoms with Gasteiger partial charge in [-0.3, -0.25) is 9.80 Å². The Morgan fingerprint density at radius 1 is 0.439 bits per heavy atom. The number of aryl methyl sites for hydroxylation is 8. The van der Waals surface area contributed by atoms with E-state index in [-0.39, 0.29) is 52.8 Å². The molecule has 13 heterocycles. The van der Waals surface area contributed by atoms with Gasteiger partial charge in [-0.1, -0.05) is 0 Å². The third-order valence-corrected chi connectivity index (χ3v) is 17.9. The van der Waals surface area contributed by atoms with Crippen molar-refractivity contribution in [3.8, 4) is 0 Å². The van der Waals surface area contributed by atoms with Crippen molar-refractivity contribution in [2.24, 2.45) is 35.2 Å². The standard InChI is InChI=1S/C16H23N5O3.C14H19N5O3.C12H15ClN4O2.C12H14N4O2.C10H10N4O2.C4H9NO.Li.H2O/c1-3-24-16(22)14-13-15(18-11-17-14)20(2)12(19-13)5-4-6-21-7-9-23-10-8-21;1-18-10(3-2-4-19-5-7-22-8-6-19)17-11-12(14(20)21)15-9-16-13(11)18;1-3-19-12(18)10-9-11(15-7-14-10)17(2)8(16-9)5-4-6-13;1-3-18-12(17)9-8-11(14-6-13-9)16(2)10(15-8)7-4-5-7;1-14-8(5-2-3-5)13-6-7(10(15)16)11-4-12-9(6)14;1-3-6-4-2-5-1;;/h11H,3-10H2,1-2H3;9H,2-8H2,1H3,(H,20,21);7H,3-6H2,1-2H3;6-7H,3-5H2,1-2H3;4-5H,2-3H2,1H3,(H,15,16);5H,1-4H2;;1H2/q;;;;;;+1;/p-1. The summed E-state index contributed by atoms with van der Waals surface area (Å²) in [4.78, 5) is 125. The average Bonchev–Trinajstić information content (AvgIpc) is 1.81. The van der Waals surface area contributed by atoms with Gasteiger partial charge < -0.3 is 72.3 Å². The number of aromatic carboxylic acids is 2. The van der Waals surface area contributed by atoms with Crippen LogP contribution in [0.15, 0.2) is 31.6 Å². The van der Waals surface area contributed by atoms with Gasteiger partial charge in [-0.25, -0.2) is 98.7 Å². The van der Waals surface area contributed by atoms with Crippen LogP contribution in [-0.2, 0) is 82.9 Å². The van der Waals surface area contributed by atoms with Gasteiger partial charge in [0.2, 0.25) is 0 Å². The fourth-order valence-electron chi connectivity index (χ4n) is 11.9. The van der Waals surface area contributed by atoms with Gasteiger partial charge in [0.25, 0.3) is 0 Å². The van der Waals surface area contributed by atoms with Crippen LogP contribution in [0.4, 0.5) is 0 Å². The van der Waals surface area contributed by atoms with Gasteiger partial charge in [0.15, 0.2) is 56.7 Å². The Hall–Kier alpha value is -9.29. The molecule has 3 aliphatic heterocycles. The number of alkyl halides is 1. The van der Waals surface area contributed by atoms with E-state index in [1.165, 1.54) is 31.6 Å². The largest absolute Gasteiger partial charge is 1.00 e. The second-order valence-corrected chi connectivity index (χ2v) is 25.3. The first-order chi connectivity index (χ1) is 51.0. The molecule has 0 bridgehead atoms. The number of imidazole rings is 5. The fraction of sp³-hybridized carbons (Fsp3) is 0.559. The predicted molar refractivity (Wildman–Crippen MR) is 383 cm³/mol. The number of ether oxygens (including phenoxy) is 6. The Morgan fingerprint density at radius 2 is 0.729 bits per heavy atom. The molecule has 570 valence electrons. The summed E-state index contributed by atoms with van der Waals surface area (Å²) in [6.45, 7) is 19.2. The number of hydrogen-bond donors (Lipinski definition) is 3. The van der Waals surface area contributed by atoms with E-state index in [1.807, 2.05) is 58.1 Å². The number of carboxylic acids is 2. The normalized spacial score (nSPS) is 15.0. The number of hydrogen-bond acceptors (Lipinski definition) is 30. The third-order valence-electron chi connectivity index (χ3n) is 17.7. The molecular weight excluding hydrogens is 1410 g/mol. The van der Waals surface area contributed by atoms with Crippen LogP contribution in [0.2, 0.25) is 0 Å². The Kier molecular flexibility index (Phi) is 31.6. The first kappa shape index (κ1) is 83.3. The number of fused-ring (bicyclic) bond motifs is 5. The molecule has 10 aromatic heterocycles. The summed E-state index contributed by atoms with van der Waals surface area (Å²) in [5.74, 6) is 2.49. The molecule has 0 radical (unpaired) electrons. The van der Waals surface area contributed by atoms with Crippen molar-refractivity contribution in [1.82, 2.24) is 113 Å². The van der Waals surface area contributed by atoms with Gasteiger partial charge in [0, 0.05) is 111 Å². The number of carbonyl (C=O) groups is 5. The van der Waals surface area contributed by atoms with Crippen molar-refractivity contribution in [2.75, 3.05) is 118 Å². The molecule has 0 spiro atoms. The van der Waals surface area contributed by atoms with Crippen LogP contribution in [0.3, 0.4) is 0 Å². The summed E-state index contributed by atoms with van der Waals surface area (Å²) in [6, 6.07) is 0. The molecule has 0 unspecified atom stereocenters. The van der Waals surface area contributed by atoms with E-state index in [0.717, 1.165) is 185 Å². The maximum atomic E-state index is 12.0. The number of carbonyl (C=O) groups excluding carboxylic acids is 3. The fourth-order valence-corrected chi connectivity index (χ4v) is 12.1. The summed E-state index contributed by atoms with van der Waals surface area (Å²) in [7, 11) is 9.42. The number of carboxylic acid groups (broad SMARTS) is 2. The minimum Gasteiger partial charge on any atom is -0.870 e. The van der Waals surface area contributed by atoms with Crippen molar-refractivity contribution in [3.63, 3.8) is 0 Å². The van der Waals surface area contributed by atoms with Crippen LogP contribution < -0.4 is 24.2 Å². The first-order valence-corrected chi connectivity index (χ1v) is 35.8. The zero-order valence-corrected chi connectivity index (χ0v) is 62.6. The number of nitrogens with one attached hydrogen (secondary N) is 1. The van der Waals surface area contributed by atoms with Crippen LogP contribution >= 0.6 is 11.6 Å². The Morgan fingerprint density at radius 3 is 1.02 bits per heavy atom. The molecule has 2 aliphatic carbocycles. The van der Waals surface area contributed by atoms with E-state index in [0.29, 0.717) is 93.4 Å². The molecule has 3 saturated heterocycles. The van der Waals surface area contributed by atoms with Crippen LogP contribution in [-0.4, -0.2) is 271 Å². The summed E-state index contributed by atoms with van der Waals surface area (Å²) < 4.78 is 40.1. The van der Waals surface area contributed by atoms with E-state index in [9.17, 15) is 29.1 Å². The van der Waals surface area contributed by atoms with Crippen LogP contribution in [0, 0.1) is 0 Å². The molecule has 2 saturated carbocycles. The molecule has 15 rings (SSSR count). The minimum absolute atomic E-state index is 0. The van der Waals surface area contributed by atoms with E-state index in [4.69, 9.17) is 45.1 Å². The molecule has 10 aromatic rings. The summed E-state index contributed by atoms with van der Waals surface area (Å²) >= 11 is 5.69. The maximum absolute atomic E-state index is 12.0. The summed E-state index contributed by atoms with van der Waals surface area (Å²) in [5, 5.41) is 21.3. The Balaban J connectivity index is 0.000000165. The number of rotatable bonds is 21. The molecule has 0 atom stereocenters. The number of nitrogens with zero attached hydrogens (tertiary/aromatic N) is 22. The van der Waals surface area contributed by atoms with Gasteiger partial charge in [-0.2, -0.15) is 0 Å². The number of halogens is 1. The zero-order valence-electron chi connectivity index (χ0n) is 61.9. The molecule has 5 fully saturated rings.